The summed E-state index contributed by atoms with van der Waals surface area (Å²) < 4.78 is 0. The van der Waals surface area contributed by atoms with E-state index in [0.29, 0.717) is 6.42 Å². The van der Waals surface area contributed by atoms with Crippen LogP contribution in [-0.2, 0) is 4.79 Å². The molecule has 1 aromatic rings. The fourth-order valence-electron chi connectivity index (χ4n) is 2.27. The third kappa shape index (κ3) is 1.89. The Labute approximate surface area is 90.9 Å². The SMILES string of the molecule is Cc1cccc(C)c1N1CCCCC1=O. The largest absolute Gasteiger partial charge is 0.312 e. The zero-order chi connectivity index (χ0) is 10.8. The quantitative estimate of drug-likeness (QED) is 0.687. The highest BCUT2D eigenvalue weighted by atomic mass is 16.2. The van der Waals surface area contributed by atoms with Gasteiger partial charge >= 0.3 is 0 Å². The van der Waals surface area contributed by atoms with Gasteiger partial charge in [-0.3, -0.25) is 4.79 Å². The van der Waals surface area contributed by atoms with Gasteiger partial charge in [-0.2, -0.15) is 0 Å². The van der Waals surface area contributed by atoms with E-state index in [1.807, 2.05) is 11.0 Å². The van der Waals surface area contributed by atoms with Gasteiger partial charge in [-0.05, 0) is 37.8 Å². The number of amides is 1. The Morgan fingerprint density at radius 2 is 1.80 bits per heavy atom. The van der Waals surface area contributed by atoms with Crippen molar-refractivity contribution in [1.82, 2.24) is 0 Å². The number of aryl methyl sites for hydroxylation is 2. The lowest BCUT2D eigenvalue weighted by Gasteiger charge is -2.29. The van der Waals surface area contributed by atoms with E-state index in [1.54, 1.807) is 0 Å². The molecule has 0 atom stereocenters. The van der Waals surface area contributed by atoms with Crippen molar-refractivity contribution >= 4 is 11.6 Å². The Hall–Kier alpha value is -1.31. The smallest absolute Gasteiger partial charge is 0.226 e. The third-order valence-electron chi connectivity index (χ3n) is 3.03. The molecule has 80 valence electrons. The first kappa shape index (κ1) is 10.2. The summed E-state index contributed by atoms with van der Waals surface area (Å²) in [7, 11) is 0. The summed E-state index contributed by atoms with van der Waals surface area (Å²) in [6.07, 6.45) is 2.87. The van der Waals surface area contributed by atoms with Crippen LogP contribution >= 0.6 is 0 Å². The van der Waals surface area contributed by atoms with Crippen LogP contribution in [0.1, 0.15) is 30.4 Å². The maximum Gasteiger partial charge on any atom is 0.226 e. The zero-order valence-corrected chi connectivity index (χ0v) is 9.42. The molecule has 1 heterocycles. The van der Waals surface area contributed by atoms with Crippen LogP contribution in [0.2, 0.25) is 0 Å². The van der Waals surface area contributed by atoms with E-state index >= 15 is 0 Å². The molecule has 1 aromatic carbocycles. The highest BCUT2D eigenvalue weighted by molar-refractivity contribution is 5.95. The molecule has 1 saturated heterocycles. The Balaban J connectivity index is 2.39. The predicted octanol–water partition coefficient (Wildman–Crippen LogP) is 2.82. The molecule has 0 aliphatic carbocycles. The number of nitrogens with zero attached hydrogens (tertiary/aromatic N) is 1. The number of para-hydroxylation sites is 1. The van der Waals surface area contributed by atoms with Gasteiger partial charge in [-0.1, -0.05) is 18.2 Å². The van der Waals surface area contributed by atoms with Gasteiger partial charge in [0.15, 0.2) is 0 Å². The van der Waals surface area contributed by atoms with Gasteiger partial charge < -0.3 is 4.90 Å². The third-order valence-corrected chi connectivity index (χ3v) is 3.03. The molecule has 0 spiro atoms. The average molecular weight is 203 g/mol. The number of anilines is 1. The van der Waals surface area contributed by atoms with Gasteiger partial charge in [-0.25, -0.2) is 0 Å². The molecule has 1 aliphatic rings. The molecule has 2 heteroatoms. The van der Waals surface area contributed by atoms with E-state index in [4.69, 9.17) is 0 Å². The lowest BCUT2D eigenvalue weighted by Crippen LogP contribution is -2.36. The minimum Gasteiger partial charge on any atom is -0.312 e. The standard InChI is InChI=1S/C13H17NO/c1-10-6-5-7-11(2)13(10)14-9-4-3-8-12(14)15/h5-7H,3-4,8-9H2,1-2H3. The van der Waals surface area contributed by atoms with Crippen LogP contribution in [-0.4, -0.2) is 12.5 Å². The average Bonchev–Trinajstić information content (AvgIpc) is 2.20. The normalized spacial score (nSPS) is 16.9. The second kappa shape index (κ2) is 4.05. The van der Waals surface area contributed by atoms with Crippen LogP contribution in [0, 0.1) is 13.8 Å². The number of carbonyl (C=O) groups is 1. The first-order chi connectivity index (χ1) is 7.20. The molecule has 2 nitrogen and oxygen atoms in total. The summed E-state index contributed by atoms with van der Waals surface area (Å²) in [6.45, 7) is 5.03. The van der Waals surface area contributed by atoms with Crippen LogP contribution in [0.5, 0.6) is 0 Å². The molecule has 0 unspecified atom stereocenters. The molecule has 0 aromatic heterocycles. The van der Waals surface area contributed by atoms with Gasteiger partial charge in [-0.15, -0.1) is 0 Å². The Morgan fingerprint density at radius 1 is 1.13 bits per heavy atom. The Kier molecular flexibility index (Phi) is 2.76. The van der Waals surface area contributed by atoms with Gasteiger partial charge in [0.1, 0.15) is 0 Å². The lowest BCUT2D eigenvalue weighted by atomic mass is 10.0. The van der Waals surface area contributed by atoms with Crippen LogP contribution in [0.4, 0.5) is 5.69 Å². The first-order valence-corrected chi connectivity index (χ1v) is 5.57. The minimum atomic E-state index is 0.277. The van der Waals surface area contributed by atoms with Crippen molar-refractivity contribution in [3.05, 3.63) is 29.3 Å². The summed E-state index contributed by atoms with van der Waals surface area (Å²) in [5.74, 6) is 0.277. The summed E-state index contributed by atoms with van der Waals surface area (Å²) in [5, 5.41) is 0. The van der Waals surface area contributed by atoms with E-state index in [0.717, 1.165) is 25.1 Å². The number of rotatable bonds is 1. The highest BCUT2D eigenvalue weighted by Gasteiger charge is 2.21. The van der Waals surface area contributed by atoms with E-state index in [2.05, 4.69) is 26.0 Å². The number of hydrogen-bond acceptors (Lipinski definition) is 1. The molecule has 1 fully saturated rings. The van der Waals surface area contributed by atoms with Gasteiger partial charge in [0.25, 0.3) is 0 Å². The van der Waals surface area contributed by atoms with E-state index in [-0.39, 0.29) is 5.91 Å². The molecule has 0 saturated carbocycles. The van der Waals surface area contributed by atoms with Crippen molar-refractivity contribution in [2.45, 2.75) is 33.1 Å². The number of benzene rings is 1. The van der Waals surface area contributed by atoms with Crippen molar-refractivity contribution in [2.24, 2.45) is 0 Å². The summed E-state index contributed by atoms with van der Waals surface area (Å²) in [6, 6.07) is 6.19. The van der Waals surface area contributed by atoms with E-state index in [1.165, 1.54) is 11.1 Å². The first-order valence-electron chi connectivity index (χ1n) is 5.57. The molecule has 1 amide bonds. The summed E-state index contributed by atoms with van der Waals surface area (Å²) in [4.78, 5) is 13.8. The summed E-state index contributed by atoms with van der Waals surface area (Å²) >= 11 is 0. The van der Waals surface area contributed by atoms with Crippen LogP contribution in [0.25, 0.3) is 0 Å². The van der Waals surface area contributed by atoms with Gasteiger partial charge in [0.05, 0.1) is 0 Å². The zero-order valence-electron chi connectivity index (χ0n) is 9.42. The topological polar surface area (TPSA) is 20.3 Å². The second-order valence-electron chi connectivity index (χ2n) is 4.24. The van der Waals surface area contributed by atoms with Crippen molar-refractivity contribution in [3.8, 4) is 0 Å². The van der Waals surface area contributed by atoms with Crippen molar-refractivity contribution in [3.63, 3.8) is 0 Å². The molecule has 2 rings (SSSR count). The number of carbonyl (C=O) groups excluding carboxylic acids is 1. The molecule has 1 aliphatic heterocycles. The lowest BCUT2D eigenvalue weighted by molar-refractivity contribution is -0.119. The van der Waals surface area contributed by atoms with Crippen molar-refractivity contribution < 1.29 is 4.79 Å². The predicted molar refractivity (Wildman–Crippen MR) is 62.1 cm³/mol. The van der Waals surface area contributed by atoms with Crippen molar-refractivity contribution in [1.29, 1.82) is 0 Å². The van der Waals surface area contributed by atoms with Crippen molar-refractivity contribution in [2.75, 3.05) is 11.4 Å². The molecular formula is C13H17NO. The van der Waals surface area contributed by atoms with Gasteiger partial charge in [0, 0.05) is 18.7 Å². The van der Waals surface area contributed by atoms with E-state index in [9.17, 15) is 4.79 Å². The monoisotopic (exact) mass is 203 g/mol. The fraction of sp³-hybridized carbons (Fsp3) is 0.462. The maximum atomic E-state index is 11.8. The molecule has 0 bridgehead atoms. The fourth-order valence-corrected chi connectivity index (χ4v) is 2.27. The highest BCUT2D eigenvalue weighted by Crippen LogP contribution is 2.27. The van der Waals surface area contributed by atoms with E-state index < -0.39 is 0 Å². The van der Waals surface area contributed by atoms with Gasteiger partial charge in [0.2, 0.25) is 5.91 Å². The van der Waals surface area contributed by atoms with Crippen LogP contribution < -0.4 is 4.90 Å². The molecule has 15 heavy (non-hydrogen) atoms. The summed E-state index contributed by atoms with van der Waals surface area (Å²) in [5.41, 5.74) is 3.53. The molecular weight excluding hydrogens is 186 g/mol. The molecule has 0 N–H and O–H groups in total. The minimum absolute atomic E-state index is 0.277. The van der Waals surface area contributed by atoms with Crippen LogP contribution in [0.15, 0.2) is 18.2 Å². The Bertz CT molecular complexity index is 364. The number of piperidine rings is 1. The maximum absolute atomic E-state index is 11.8. The second-order valence-corrected chi connectivity index (χ2v) is 4.24. The number of hydrogen-bond donors (Lipinski definition) is 0. The molecule has 0 radical (unpaired) electrons. The van der Waals surface area contributed by atoms with Crippen LogP contribution in [0.3, 0.4) is 0 Å². The Morgan fingerprint density at radius 3 is 2.40 bits per heavy atom.